The number of carbonyl (C=O) groups is 1. The maximum Gasteiger partial charge on any atom is 0.284 e. The van der Waals surface area contributed by atoms with Crippen LogP contribution in [0.15, 0.2) is 52.3 Å². The minimum atomic E-state index is -0.484. The highest BCUT2D eigenvalue weighted by molar-refractivity contribution is 7.99. The SMILES string of the molecule is CC1CCCCN1C(=O)c1ccc(Sc2ccc(F)cc2)c([N+](=O)[O-])c1. The van der Waals surface area contributed by atoms with Crippen molar-refractivity contribution < 1.29 is 14.1 Å². The maximum atomic E-state index is 13.0. The zero-order valence-corrected chi connectivity index (χ0v) is 15.2. The topological polar surface area (TPSA) is 63.5 Å². The van der Waals surface area contributed by atoms with Gasteiger partial charge >= 0.3 is 0 Å². The van der Waals surface area contributed by atoms with E-state index in [2.05, 4.69) is 0 Å². The van der Waals surface area contributed by atoms with Crippen LogP contribution in [0.3, 0.4) is 0 Å². The maximum absolute atomic E-state index is 13.0. The Balaban J connectivity index is 1.87. The summed E-state index contributed by atoms with van der Waals surface area (Å²) in [7, 11) is 0. The Morgan fingerprint density at radius 3 is 2.62 bits per heavy atom. The van der Waals surface area contributed by atoms with E-state index in [4.69, 9.17) is 0 Å². The Hall–Kier alpha value is -2.41. The van der Waals surface area contributed by atoms with Gasteiger partial charge in [0.2, 0.25) is 0 Å². The summed E-state index contributed by atoms with van der Waals surface area (Å²) in [6.45, 7) is 2.68. The van der Waals surface area contributed by atoms with Gasteiger partial charge in [0, 0.05) is 29.1 Å². The van der Waals surface area contributed by atoms with Gasteiger partial charge in [-0.15, -0.1) is 0 Å². The molecular formula is C19H19FN2O3S. The van der Waals surface area contributed by atoms with Crippen molar-refractivity contribution in [3.63, 3.8) is 0 Å². The van der Waals surface area contributed by atoms with E-state index in [0.717, 1.165) is 19.3 Å². The molecule has 1 fully saturated rings. The molecule has 3 rings (SSSR count). The van der Waals surface area contributed by atoms with Crippen LogP contribution in [-0.4, -0.2) is 28.3 Å². The van der Waals surface area contributed by atoms with Gasteiger partial charge in [-0.25, -0.2) is 4.39 Å². The molecule has 1 unspecified atom stereocenters. The molecule has 2 aromatic rings. The third-order valence-corrected chi connectivity index (χ3v) is 5.58. The van der Waals surface area contributed by atoms with E-state index >= 15 is 0 Å². The third-order valence-electron chi connectivity index (χ3n) is 4.51. The van der Waals surface area contributed by atoms with Gasteiger partial charge in [0.15, 0.2) is 0 Å². The zero-order chi connectivity index (χ0) is 18.7. The molecule has 0 saturated carbocycles. The predicted molar refractivity (Wildman–Crippen MR) is 98.0 cm³/mol. The molecule has 1 aliphatic rings. The van der Waals surface area contributed by atoms with E-state index in [1.165, 1.54) is 30.0 Å². The van der Waals surface area contributed by atoms with Crippen LogP contribution >= 0.6 is 11.8 Å². The molecule has 26 heavy (non-hydrogen) atoms. The number of benzene rings is 2. The van der Waals surface area contributed by atoms with Gasteiger partial charge in [-0.05, 0) is 62.6 Å². The lowest BCUT2D eigenvalue weighted by Crippen LogP contribution is -2.42. The molecule has 1 saturated heterocycles. The lowest BCUT2D eigenvalue weighted by molar-refractivity contribution is -0.387. The summed E-state index contributed by atoms with van der Waals surface area (Å²) in [5, 5.41) is 11.5. The number of hydrogen-bond donors (Lipinski definition) is 0. The summed E-state index contributed by atoms with van der Waals surface area (Å²) >= 11 is 1.17. The van der Waals surface area contributed by atoms with Gasteiger partial charge in [0.25, 0.3) is 11.6 Å². The van der Waals surface area contributed by atoms with Crippen LogP contribution in [0, 0.1) is 15.9 Å². The molecule has 2 aromatic carbocycles. The second-order valence-electron chi connectivity index (χ2n) is 6.34. The Kier molecular flexibility index (Phi) is 5.56. The van der Waals surface area contributed by atoms with E-state index in [9.17, 15) is 19.3 Å². The van der Waals surface area contributed by atoms with Crippen molar-refractivity contribution in [1.82, 2.24) is 4.90 Å². The van der Waals surface area contributed by atoms with Crippen LogP contribution in [0.2, 0.25) is 0 Å². The second kappa shape index (κ2) is 7.86. The van der Waals surface area contributed by atoms with Gasteiger partial charge in [0.05, 0.1) is 9.82 Å². The van der Waals surface area contributed by atoms with E-state index in [0.29, 0.717) is 21.9 Å². The number of nitrogens with zero attached hydrogens (tertiary/aromatic N) is 2. The molecular weight excluding hydrogens is 355 g/mol. The van der Waals surface area contributed by atoms with Crippen LogP contribution in [0.1, 0.15) is 36.5 Å². The summed E-state index contributed by atoms with van der Waals surface area (Å²) in [6.07, 6.45) is 3.00. The lowest BCUT2D eigenvalue weighted by atomic mass is 10.0. The molecule has 0 bridgehead atoms. The van der Waals surface area contributed by atoms with Crippen molar-refractivity contribution in [2.24, 2.45) is 0 Å². The average molecular weight is 374 g/mol. The number of amides is 1. The second-order valence-corrected chi connectivity index (χ2v) is 7.45. The molecule has 0 N–H and O–H groups in total. The van der Waals surface area contributed by atoms with Crippen LogP contribution < -0.4 is 0 Å². The minimum absolute atomic E-state index is 0.116. The quantitative estimate of drug-likeness (QED) is 0.564. The van der Waals surface area contributed by atoms with Crippen LogP contribution in [0.25, 0.3) is 0 Å². The Bertz CT molecular complexity index is 826. The monoisotopic (exact) mass is 374 g/mol. The number of carbonyl (C=O) groups excluding carboxylic acids is 1. The third kappa shape index (κ3) is 4.04. The highest BCUT2D eigenvalue weighted by Crippen LogP contribution is 2.36. The number of nitro benzene ring substituents is 1. The van der Waals surface area contributed by atoms with Crippen LogP contribution in [-0.2, 0) is 0 Å². The summed E-state index contributed by atoms with van der Waals surface area (Å²) < 4.78 is 13.0. The molecule has 0 radical (unpaired) electrons. The van der Waals surface area contributed by atoms with Crippen LogP contribution in [0.5, 0.6) is 0 Å². The zero-order valence-electron chi connectivity index (χ0n) is 14.4. The molecule has 7 heteroatoms. The van der Waals surface area contributed by atoms with Crippen molar-refractivity contribution in [2.45, 2.75) is 42.0 Å². The van der Waals surface area contributed by atoms with Gasteiger partial charge in [-0.1, -0.05) is 11.8 Å². The molecule has 5 nitrogen and oxygen atoms in total. The van der Waals surface area contributed by atoms with Crippen molar-refractivity contribution in [3.05, 3.63) is 64.0 Å². The number of rotatable bonds is 4. The fourth-order valence-corrected chi connectivity index (χ4v) is 3.97. The molecule has 0 spiro atoms. The largest absolute Gasteiger partial charge is 0.336 e. The number of hydrogen-bond acceptors (Lipinski definition) is 4. The van der Waals surface area contributed by atoms with Crippen molar-refractivity contribution in [2.75, 3.05) is 6.54 Å². The summed E-state index contributed by atoms with van der Waals surface area (Å²) in [5.74, 6) is -0.529. The van der Waals surface area contributed by atoms with Gasteiger partial charge in [-0.2, -0.15) is 0 Å². The highest BCUT2D eigenvalue weighted by atomic mass is 32.2. The lowest BCUT2D eigenvalue weighted by Gasteiger charge is -2.33. The molecule has 1 aliphatic heterocycles. The molecule has 1 amide bonds. The fourth-order valence-electron chi connectivity index (χ4n) is 3.07. The normalized spacial score (nSPS) is 17.2. The van der Waals surface area contributed by atoms with Crippen molar-refractivity contribution in [3.8, 4) is 0 Å². The first-order valence-electron chi connectivity index (χ1n) is 8.48. The van der Waals surface area contributed by atoms with Crippen molar-refractivity contribution >= 4 is 23.4 Å². The molecule has 0 aliphatic carbocycles. The number of likely N-dealkylation sites (tertiary alicyclic amines) is 1. The van der Waals surface area contributed by atoms with Gasteiger partial charge < -0.3 is 4.90 Å². The first kappa shape index (κ1) is 18.4. The minimum Gasteiger partial charge on any atom is -0.336 e. The summed E-state index contributed by atoms with van der Waals surface area (Å²) in [5.41, 5.74) is 0.212. The van der Waals surface area contributed by atoms with Gasteiger partial charge in [0.1, 0.15) is 5.82 Å². The number of nitro groups is 1. The first-order valence-corrected chi connectivity index (χ1v) is 9.30. The standard InChI is InChI=1S/C19H19FN2O3S/c1-13-4-2-3-11-21(13)19(23)14-5-10-18(17(12-14)22(24)25)26-16-8-6-15(20)7-9-16/h5-10,12-13H,2-4,11H2,1H3. The Labute approximate surface area is 155 Å². The average Bonchev–Trinajstić information content (AvgIpc) is 2.63. The van der Waals surface area contributed by atoms with E-state index in [1.54, 1.807) is 29.2 Å². The van der Waals surface area contributed by atoms with Crippen LogP contribution in [0.4, 0.5) is 10.1 Å². The predicted octanol–water partition coefficient (Wildman–Crippen LogP) is 4.90. The summed E-state index contributed by atoms with van der Waals surface area (Å²) in [4.78, 5) is 26.7. The Morgan fingerprint density at radius 1 is 1.23 bits per heavy atom. The highest BCUT2D eigenvalue weighted by Gasteiger charge is 2.26. The van der Waals surface area contributed by atoms with E-state index in [1.807, 2.05) is 6.92 Å². The molecule has 1 atom stereocenters. The number of piperidine rings is 1. The summed E-state index contributed by atoms with van der Waals surface area (Å²) in [6, 6.07) is 10.5. The molecule has 136 valence electrons. The fraction of sp³-hybridized carbons (Fsp3) is 0.316. The van der Waals surface area contributed by atoms with Gasteiger partial charge in [-0.3, -0.25) is 14.9 Å². The molecule has 0 aromatic heterocycles. The Morgan fingerprint density at radius 2 is 1.96 bits per heavy atom. The van der Waals surface area contributed by atoms with E-state index in [-0.39, 0.29) is 23.5 Å². The number of halogens is 1. The van der Waals surface area contributed by atoms with E-state index < -0.39 is 4.92 Å². The molecule has 1 heterocycles. The smallest absolute Gasteiger partial charge is 0.284 e. The first-order chi connectivity index (χ1) is 12.5. The van der Waals surface area contributed by atoms with Crippen molar-refractivity contribution in [1.29, 1.82) is 0 Å².